The van der Waals surface area contributed by atoms with Gasteiger partial charge in [-0.1, -0.05) is 45.0 Å². The highest BCUT2D eigenvalue weighted by atomic mass is 16.4. The zero-order valence-corrected chi connectivity index (χ0v) is 11.3. The van der Waals surface area contributed by atoms with E-state index in [-0.39, 0.29) is 5.41 Å². The second-order valence-corrected chi connectivity index (χ2v) is 6.28. The Hall–Kier alpha value is -1.35. The second kappa shape index (κ2) is 4.39. The predicted molar refractivity (Wildman–Crippen MR) is 71.5 cm³/mol. The van der Waals surface area contributed by atoms with Crippen molar-refractivity contribution in [3.63, 3.8) is 0 Å². The van der Waals surface area contributed by atoms with Crippen molar-refractivity contribution in [3.8, 4) is 0 Å². The molecular weight excluding hydrogens is 226 g/mol. The first-order valence-corrected chi connectivity index (χ1v) is 6.42. The Balaban J connectivity index is 2.33. The topological polar surface area (TPSA) is 49.3 Å². The molecule has 1 aliphatic carbocycles. The predicted octanol–water partition coefficient (Wildman–Crippen LogP) is 2.55. The Morgan fingerprint density at radius 2 is 2.06 bits per heavy atom. The molecule has 1 unspecified atom stereocenters. The van der Waals surface area contributed by atoms with Gasteiger partial charge in [0.25, 0.3) is 0 Å². The third kappa shape index (κ3) is 2.27. The number of nitrogens with one attached hydrogen (secondary N) is 1. The van der Waals surface area contributed by atoms with Gasteiger partial charge in [-0.05, 0) is 29.4 Å². The highest BCUT2D eigenvalue weighted by Crippen LogP contribution is 2.37. The van der Waals surface area contributed by atoms with Gasteiger partial charge in [-0.2, -0.15) is 0 Å². The molecule has 0 radical (unpaired) electrons. The molecule has 1 atom stereocenters. The van der Waals surface area contributed by atoms with Crippen LogP contribution >= 0.6 is 0 Å². The maximum atomic E-state index is 11.7. The Kier molecular flexibility index (Phi) is 3.20. The van der Waals surface area contributed by atoms with Gasteiger partial charge in [0.15, 0.2) is 0 Å². The molecule has 2 rings (SSSR count). The average Bonchev–Trinajstić information content (AvgIpc) is 2.66. The van der Waals surface area contributed by atoms with Crippen LogP contribution in [0.3, 0.4) is 0 Å². The SMILES string of the molecule is CC(C)(C)CNC1(C(=O)O)CCc2ccccc21. The minimum Gasteiger partial charge on any atom is -0.480 e. The monoisotopic (exact) mass is 247 g/mol. The van der Waals surface area contributed by atoms with Gasteiger partial charge in [0, 0.05) is 6.54 Å². The molecule has 0 aliphatic heterocycles. The molecule has 1 aliphatic rings. The zero-order chi connectivity index (χ0) is 13.4. The van der Waals surface area contributed by atoms with Crippen LogP contribution in [-0.2, 0) is 16.8 Å². The van der Waals surface area contributed by atoms with Crippen LogP contribution in [0.25, 0.3) is 0 Å². The van der Waals surface area contributed by atoms with Crippen molar-refractivity contribution in [3.05, 3.63) is 35.4 Å². The standard InChI is InChI=1S/C15H21NO2/c1-14(2,3)10-16-15(13(17)18)9-8-11-6-4-5-7-12(11)15/h4-7,16H,8-10H2,1-3H3,(H,17,18). The summed E-state index contributed by atoms with van der Waals surface area (Å²) in [5.41, 5.74) is 1.26. The molecule has 98 valence electrons. The van der Waals surface area contributed by atoms with Crippen molar-refractivity contribution >= 4 is 5.97 Å². The smallest absolute Gasteiger partial charge is 0.328 e. The fourth-order valence-electron chi connectivity index (χ4n) is 2.51. The first kappa shape index (κ1) is 13.1. The van der Waals surface area contributed by atoms with E-state index in [1.165, 1.54) is 0 Å². The molecular formula is C15H21NO2. The van der Waals surface area contributed by atoms with Crippen molar-refractivity contribution in [1.29, 1.82) is 0 Å². The lowest BCUT2D eigenvalue weighted by molar-refractivity contribution is -0.145. The van der Waals surface area contributed by atoms with Crippen LogP contribution in [-0.4, -0.2) is 17.6 Å². The van der Waals surface area contributed by atoms with E-state index in [0.29, 0.717) is 13.0 Å². The summed E-state index contributed by atoms with van der Waals surface area (Å²) in [6.45, 7) is 7.01. The summed E-state index contributed by atoms with van der Waals surface area (Å²) >= 11 is 0. The van der Waals surface area contributed by atoms with E-state index >= 15 is 0 Å². The number of benzene rings is 1. The Morgan fingerprint density at radius 3 is 2.67 bits per heavy atom. The number of hydrogen-bond acceptors (Lipinski definition) is 2. The molecule has 3 nitrogen and oxygen atoms in total. The van der Waals surface area contributed by atoms with Crippen LogP contribution in [0, 0.1) is 5.41 Å². The second-order valence-electron chi connectivity index (χ2n) is 6.28. The minimum absolute atomic E-state index is 0.0694. The first-order valence-electron chi connectivity index (χ1n) is 6.42. The average molecular weight is 247 g/mol. The Morgan fingerprint density at radius 1 is 1.39 bits per heavy atom. The molecule has 0 aromatic heterocycles. The van der Waals surface area contributed by atoms with Crippen molar-refractivity contribution in [2.24, 2.45) is 5.41 Å². The number of aryl methyl sites for hydroxylation is 1. The summed E-state index contributed by atoms with van der Waals surface area (Å²) in [5, 5.41) is 12.9. The fourth-order valence-corrected chi connectivity index (χ4v) is 2.51. The van der Waals surface area contributed by atoms with E-state index in [0.717, 1.165) is 17.5 Å². The maximum Gasteiger partial charge on any atom is 0.328 e. The van der Waals surface area contributed by atoms with Gasteiger partial charge in [0.1, 0.15) is 5.54 Å². The number of carboxylic acids is 1. The summed E-state index contributed by atoms with van der Waals surface area (Å²) < 4.78 is 0. The van der Waals surface area contributed by atoms with Crippen molar-refractivity contribution in [2.75, 3.05) is 6.54 Å². The molecule has 3 heteroatoms. The number of rotatable bonds is 3. The van der Waals surface area contributed by atoms with Crippen LogP contribution < -0.4 is 5.32 Å². The Bertz CT molecular complexity index is 462. The van der Waals surface area contributed by atoms with Crippen LogP contribution in [0.2, 0.25) is 0 Å². The molecule has 1 aromatic carbocycles. The summed E-state index contributed by atoms with van der Waals surface area (Å²) in [5.74, 6) is -0.767. The first-order chi connectivity index (χ1) is 8.35. The normalized spacial score (nSPS) is 22.8. The van der Waals surface area contributed by atoms with Crippen LogP contribution in [0.1, 0.15) is 38.3 Å². The van der Waals surface area contributed by atoms with Gasteiger partial charge < -0.3 is 5.11 Å². The van der Waals surface area contributed by atoms with Crippen LogP contribution in [0.15, 0.2) is 24.3 Å². The zero-order valence-electron chi connectivity index (χ0n) is 11.3. The lowest BCUT2D eigenvalue weighted by atomic mass is 9.89. The van der Waals surface area contributed by atoms with Gasteiger partial charge in [0.2, 0.25) is 0 Å². The van der Waals surface area contributed by atoms with Crippen molar-refractivity contribution < 1.29 is 9.90 Å². The van der Waals surface area contributed by atoms with E-state index < -0.39 is 11.5 Å². The third-order valence-electron chi connectivity index (χ3n) is 3.53. The lowest BCUT2D eigenvalue weighted by Gasteiger charge is -2.31. The molecule has 18 heavy (non-hydrogen) atoms. The van der Waals surface area contributed by atoms with E-state index in [9.17, 15) is 9.90 Å². The van der Waals surface area contributed by atoms with Gasteiger partial charge in [0.05, 0.1) is 0 Å². The van der Waals surface area contributed by atoms with Gasteiger partial charge in [-0.15, -0.1) is 0 Å². The summed E-state index contributed by atoms with van der Waals surface area (Å²) in [4.78, 5) is 11.7. The molecule has 0 heterocycles. The highest BCUT2D eigenvalue weighted by Gasteiger charge is 2.45. The van der Waals surface area contributed by atoms with E-state index in [1.807, 2.05) is 24.3 Å². The molecule has 1 aromatic rings. The number of carboxylic acid groups (broad SMARTS) is 1. The van der Waals surface area contributed by atoms with Crippen molar-refractivity contribution in [1.82, 2.24) is 5.32 Å². The molecule has 0 amide bonds. The number of hydrogen-bond donors (Lipinski definition) is 2. The molecule has 0 saturated heterocycles. The maximum absolute atomic E-state index is 11.7. The number of fused-ring (bicyclic) bond motifs is 1. The van der Waals surface area contributed by atoms with Crippen LogP contribution in [0.5, 0.6) is 0 Å². The fraction of sp³-hybridized carbons (Fsp3) is 0.533. The summed E-state index contributed by atoms with van der Waals surface area (Å²) in [6, 6.07) is 7.85. The van der Waals surface area contributed by atoms with Gasteiger partial charge in [-0.25, -0.2) is 4.79 Å². The third-order valence-corrected chi connectivity index (χ3v) is 3.53. The molecule has 0 spiro atoms. The minimum atomic E-state index is -0.899. The summed E-state index contributed by atoms with van der Waals surface area (Å²) in [6.07, 6.45) is 1.47. The van der Waals surface area contributed by atoms with E-state index in [2.05, 4.69) is 26.1 Å². The van der Waals surface area contributed by atoms with E-state index in [4.69, 9.17) is 0 Å². The number of aliphatic carboxylic acids is 1. The van der Waals surface area contributed by atoms with Crippen LogP contribution in [0.4, 0.5) is 0 Å². The molecule has 2 N–H and O–H groups in total. The summed E-state index contributed by atoms with van der Waals surface area (Å²) in [7, 11) is 0. The highest BCUT2D eigenvalue weighted by molar-refractivity contribution is 5.82. The quantitative estimate of drug-likeness (QED) is 0.863. The number of carbonyl (C=O) groups is 1. The van der Waals surface area contributed by atoms with Gasteiger partial charge in [-0.3, -0.25) is 5.32 Å². The lowest BCUT2D eigenvalue weighted by Crippen LogP contribution is -2.50. The van der Waals surface area contributed by atoms with Crippen molar-refractivity contribution in [2.45, 2.75) is 39.2 Å². The van der Waals surface area contributed by atoms with E-state index in [1.54, 1.807) is 0 Å². The van der Waals surface area contributed by atoms with Gasteiger partial charge >= 0.3 is 5.97 Å². The Labute approximate surface area is 108 Å². The molecule has 0 saturated carbocycles. The molecule has 0 fully saturated rings. The molecule has 0 bridgehead atoms. The largest absolute Gasteiger partial charge is 0.480 e.